The maximum atomic E-state index is 11.9. The van der Waals surface area contributed by atoms with Crippen LogP contribution in [0.15, 0.2) is 18.2 Å². The molecule has 2 rings (SSSR count). The second-order valence-electron chi connectivity index (χ2n) is 4.85. The van der Waals surface area contributed by atoms with Gasteiger partial charge in [-0.2, -0.15) is 0 Å². The molecule has 3 N–H and O–H groups in total. The number of anilines is 2. The number of rotatable bonds is 3. The molecule has 6 nitrogen and oxygen atoms in total. The molecule has 0 unspecified atom stereocenters. The van der Waals surface area contributed by atoms with Crippen LogP contribution in [-0.4, -0.2) is 29.2 Å². The van der Waals surface area contributed by atoms with Crippen LogP contribution < -0.4 is 11.1 Å². The van der Waals surface area contributed by atoms with Crippen molar-refractivity contribution in [2.24, 2.45) is 0 Å². The van der Waals surface area contributed by atoms with Crippen molar-refractivity contribution in [2.45, 2.75) is 26.2 Å². The smallest absolute Gasteiger partial charge is 0.244 e. The predicted molar refractivity (Wildman–Crippen MR) is 74.8 cm³/mol. The standard InChI is InChI=1S/C14H17N3O3/c1-9-5-6-10(15)7-11(9)16-12(18)8-17-13(19)3-2-4-14(17)20/h5-7H,2-4,8,15H2,1H3,(H,16,18). The number of imide groups is 1. The number of hydrogen-bond donors (Lipinski definition) is 2. The number of aryl methyl sites for hydroxylation is 1. The lowest BCUT2D eigenvalue weighted by molar-refractivity contribution is -0.150. The minimum absolute atomic E-state index is 0.244. The summed E-state index contributed by atoms with van der Waals surface area (Å²) in [5, 5.41) is 2.67. The van der Waals surface area contributed by atoms with E-state index in [1.165, 1.54) is 0 Å². The van der Waals surface area contributed by atoms with Gasteiger partial charge in [0.15, 0.2) is 0 Å². The molecule has 1 aromatic carbocycles. The monoisotopic (exact) mass is 275 g/mol. The van der Waals surface area contributed by atoms with Crippen molar-refractivity contribution in [1.29, 1.82) is 0 Å². The first-order valence-corrected chi connectivity index (χ1v) is 6.46. The van der Waals surface area contributed by atoms with E-state index in [4.69, 9.17) is 5.73 Å². The maximum absolute atomic E-state index is 11.9. The molecule has 1 aromatic rings. The van der Waals surface area contributed by atoms with Gasteiger partial charge in [0, 0.05) is 24.2 Å². The van der Waals surface area contributed by atoms with Gasteiger partial charge in [0.2, 0.25) is 17.7 Å². The zero-order valence-electron chi connectivity index (χ0n) is 11.3. The number of carbonyl (C=O) groups is 3. The maximum Gasteiger partial charge on any atom is 0.244 e. The molecule has 0 radical (unpaired) electrons. The quantitative estimate of drug-likeness (QED) is 0.637. The molecule has 0 atom stereocenters. The number of nitrogen functional groups attached to an aromatic ring is 1. The predicted octanol–water partition coefficient (Wildman–Crippen LogP) is 1.05. The molecule has 1 fully saturated rings. The number of nitrogens with one attached hydrogen (secondary N) is 1. The second-order valence-corrected chi connectivity index (χ2v) is 4.85. The molecule has 20 heavy (non-hydrogen) atoms. The Kier molecular flexibility index (Phi) is 4.02. The van der Waals surface area contributed by atoms with Crippen LogP contribution in [0, 0.1) is 6.92 Å². The topological polar surface area (TPSA) is 92.5 Å². The third kappa shape index (κ3) is 3.14. The minimum Gasteiger partial charge on any atom is -0.399 e. The first kappa shape index (κ1) is 14.0. The van der Waals surface area contributed by atoms with Gasteiger partial charge in [-0.15, -0.1) is 0 Å². The van der Waals surface area contributed by atoms with Crippen molar-refractivity contribution in [3.63, 3.8) is 0 Å². The van der Waals surface area contributed by atoms with E-state index in [1.807, 2.05) is 6.92 Å². The summed E-state index contributed by atoms with van der Waals surface area (Å²) >= 11 is 0. The van der Waals surface area contributed by atoms with E-state index in [0.717, 1.165) is 10.5 Å². The zero-order valence-corrected chi connectivity index (χ0v) is 11.3. The number of benzene rings is 1. The fourth-order valence-corrected chi connectivity index (χ4v) is 2.08. The van der Waals surface area contributed by atoms with Crippen LogP contribution in [0.25, 0.3) is 0 Å². The molecule has 0 aromatic heterocycles. The van der Waals surface area contributed by atoms with E-state index in [-0.39, 0.29) is 18.4 Å². The van der Waals surface area contributed by atoms with Crippen LogP contribution >= 0.6 is 0 Å². The van der Waals surface area contributed by atoms with Crippen LogP contribution in [0.4, 0.5) is 11.4 Å². The Bertz CT molecular complexity index is 553. The number of hydrogen-bond acceptors (Lipinski definition) is 4. The number of piperidine rings is 1. The molecule has 6 heteroatoms. The van der Waals surface area contributed by atoms with E-state index in [1.54, 1.807) is 18.2 Å². The average Bonchev–Trinajstić information content (AvgIpc) is 2.38. The number of nitrogens with two attached hydrogens (primary N) is 1. The van der Waals surface area contributed by atoms with Crippen molar-refractivity contribution in [2.75, 3.05) is 17.6 Å². The Morgan fingerprint density at radius 3 is 2.60 bits per heavy atom. The largest absolute Gasteiger partial charge is 0.399 e. The molecule has 0 saturated carbocycles. The van der Waals surface area contributed by atoms with E-state index >= 15 is 0 Å². The van der Waals surface area contributed by atoms with Crippen LogP contribution in [0.3, 0.4) is 0 Å². The first-order chi connectivity index (χ1) is 9.47. The van der Waals surface area contributed by atoms with Crippen molar-refractivity contribution in [3.8, 4) is 0 Å². The molecule has 1 aliphatic heterocycles. The van der Waals surface area contributed by atoms with Crippen molar-refractivity contribution in [3.05, 3.63) is 23.8 Å². The molecule has 0 spiro atoms. The first-order valence-electron chi connectivity index (χ1n) is 6.46. The van der Waals surface area contributed by atoms with Gasteiger partial charge in [0.05, 0.1) is 0 Å². The second kappa shape index (κ2) is 5.73. The Hall–Kier alpha value is -2.37. The van der Waals surface area contributed by atoms with Crippen LogP contribution in [0.1, 0.15) is 24.8 Å². The van der Waals surface area contributed by atoms with Gasteiger partial charge >= 0.3 is 0 Å². The number of carbonyl (C=O) groups excluding carboxylic acids is 3. The number of nitrogens with zero attached hydrogens (tertiary/aromatic N) is 1. The summed E-state index contributed by atoms with van der Waals surface area (Å²) in [6, 6.07) is 5.18. The Morgan fingerprint density at radius 2 is 1.95 bits per heavy atom. The van der Waals surface area contributed by atoms with Crippen LogP contribution in [0.2, 0.25) is 0 Å². The third-order valence-electron chi connectivity index (χ3n) is 3.22. The van der Waals surface area contributed by atoms with E-state index < -0.39 is 5.91 Å². The molecule has 1 aliphatic rings. The molecule has 0 aliphatic carbocycles. The summed E-state index contributed by atoms with van der Waals surface area (Å²) in [6.45, 7) is 1.60. The van der Waals surface area contributed by atoms with Crippen LogP contribution in [0.5, 0.6) is 0 Å². The highest BCUT2D eigenvalue weighted by Gasteiger charge is 2.27. The minimum atomic E-state index is -0.401. The summed E-state index contributed by atoms with van der Waals surface area (Å²) in [4.78, 5) is 36.2. The van der Waals surface area contributed by atoms with Crippen molar-refractivity contribution < 1.29 is 14.4 Å². The lowest BCUT2D eigenvalue weighted by Crippen LogP contribution is -2.44. The Morgan fingerprint density at radius 1 is 1.30 bits per heavy atom. The van der Waals surface area contributed by atoms with Crippen molar-refractivity contribution >= 4 is 29.1 Å². The SMILES string of the molecule is Cc1ccc(N)cc1NC(=O)CN1C(=O)CCCC1=O. The number of likely N-dealkylation sites (tertiary alicyclic amines) is 1. The molecule has 0 bridgehead atoms. The summed E-state index contributed by atoms with van der Waals surface area (Å²) in [6.07, 6.45) is 1.19. The molecular formula is C14H17N3O3. The average molecular weight is 275 g/mol. The lowest BCUT2D eigenvalue weighted by Gasteiger charge is -2.24. The van der Waals surface area contributed by atoms with E-state index in [0.29, 0.717) is 30.6 Å². The zero-order chi connectivity index (χ0) is 14.7. The van der Waals surface area contributed by atoms with Gasteiger partial charge < -0.3 is 11.1 Å². The Labute approximate surface area is 116 Å². The van der Waals surface area contributed by atoms with Gasteiger partial charge in [0.25, 0.3) is 0 Å². The van der Waals surface area contributed by atoms with Crippen molar-refractivity contribution in [1.82, 2.24) is 4.90 Å². The molecule has 3 amide bonds. The Balaban J connectivity index is 2.03. The van der Waals surface area contributed by atoms with E-state index in [9.17, 15) is 14.4 Å². The summed E-state index contributed by atoms with van der Waals surface area (Å²) in [7, 11) is 0. The molecular weight excluding hydrogens is 258 g/mol. The van der Waals surface area contributed by atoms with Gasteiger partial charge in [-0.05, 0) is 31.0 Å². The summed E-state index contributed by atoms with van der Waals surface area (Å²) < 4.78 is 0. The van der Waals surface area contributed by atoms with E-state index in [2.05, 4.69) is 5.32 Å². The molecule has 1 saturated heterocycles. The normalized spacial score (nSPS) is 15.3. The fraction of sp³-hybridized carbons (Fsp3) is 0.357. The number of amides is 3. The third-order valence-corrected chi connectivity index (χ3v) is 3.22. The highest BCUT2D eigenvalue weighted by Crippen LogP contribution is 2.18. The van der Waals surface area contributed by atoms with Gasteiger partial charge in [-0.3, -0.25) is 19.3 Å². The fourth-order valence-electron chi connectivity index (χ4n) is 2.08. The van der Waals surface area contributed by atoms with Crippen LogP contribution in [-0.2, 0) is 14.4 Å². The summed E-state index contributed by atoms with van der Waals surface area (Å²) in [5.41, 5.74) is 7.65. The van der Waals surface area contributed by atoms with Gasteiger partial charge in [0.1, 0.15) is 6.54 Å². The van der Waals surface area contributed by atoms with Gasteiger partial charge in [-0.1, -0.05) is 6.07 Å². The lowest BCUT2D eigenvalue weighted by atomic mass is 10.1. The molecule has 1 heterocycles. The molecule has 106 valence electrons. The summed E-state index contributed by atoms with van der Waals surface area (Å²) in [5.74, 6) is -0.983. The highest BCUT2D eigenvalue weighted by atomic mass is 16.2. The highest BCUT2D eigenvalue weighted by molar-refractivity contribution is 6.03. The van der Waals surface area contributed by atoms with Gasteiger partial charge in [-0.25, -0.2) is 0 Å².